The molecule has 308 valence electrons. The minimum absolute atomic E-state index is 0. The van der Waals surface area contributed by atoms with Crippen molar-refractivity contribution in [2.75, 3.05) is 39.6 Å². The van der Waals surface area contributed by atoms with Crippen LogP contribution in [-0.4, -0.2) is 72.0 Å². The molecule has 0 saturated carbocycles. The van der Waals surface area contributed by atoms with E-state index in [-0.39, 0.29) is 151 Å². The van der Waals surface area contributed by atoms with E-state index in [1.54, 1.807) is 6.92 Å². The van der Waals surface area contributed by atoms with Crippen LogP contribution in [0.5, 0.6) is 0 Å². The molecule has 2 aliphatic rings. The highest BCUT2D eigenvalue weighted by Crippen LogP contribution is 2.51. The van der Waals surface area contributed by atoms with Crippen LogP contribution in [0.1, 0.15) is 184 Å². The maximum Gasteiger partial charge on any atom is 1.00 e. The maximum absolute atomic E-state index is 12.2. The molecule has 5 atom stereocenters. The van der Waals surface area contributed by atoms with Crippen LogP contribution in [0.25, 0.3) is 0 Å². The molecule has 2 fully saturated rings. The quantitative estimate of drug-likeness (QED) is 0.165. The van der Waals surface area contributed by atoms with Crippen LogP contribution < -0.4 is 0 Å². The summed E-state index contributed by atoms with van der Waals surface area (Å²) in [6, 6.07) is 0. The first-order chi connectivity index (χ1) is 16.4. The van der Waals surface area contributed by atoms with E-state index in [2.05, 4.69) is 20.8 Å². The number of aliphatic hydroxyl groups excluding tert-OH is 4. The van der Waals surface area contributed by atoms with E-state index >= 15 is 0 Å². The van der Waals surface area contributed by atoms with E-state index in [9.17, 15) is 30.0 Å². The van der Waals surface area contributed by atoms with Gasteiger partial charge in [0, 0.05) is 25.2 Å². The van der Waals surface area contributed by atoms with Crippen LogP contribution in [0.15, 0.2) is 0 Å². The molecule has 0 radical (unpaired) electrons. The standard InChI is InChI=1S/C14H22O5.C14H30O3.12CH4/c1-4-12(2)5-14(11(17)18-8-12)6-13(3,7-15)10(16)19-9-14;1-6-13(4,10-16)8-14(5,11-17)7-12(2,3)9-15;;;;;;;;;;;;/h15H,4-9H2,1-3H3;15-17H,6-11H2,1-5H3;12*1H4/p+1. The summed E-state index contributed by atoms with van der Waals surface area (Å²) >= 11 is 0. The fraction of sp³-hybridized carbons (Fsp3) is 0.950. The van der Waals surface area contributed by atoms with Crippen molar-refractivity contribution in [1.29, 1.82) is 0 Å². The predicted molar refractivity (Wildman–Crippen MR) is 220 cm³/mol. The van der Waals surface area contributed by atoms with Gasteiger partial charge in [-0.15, -0.1) is 0 Å². The Kier molecular flexibility index (Phi) is 51.7. The van der Waals surface area contributed by atoms with Crippen LogP contribution in [0.2, 0.25) is 0 Å². The zero-order valence-corrected chi connectivity index (χ0v) is 23.9. The van der Waals surface area contributed by atoms with Crippen molar-refractivity contribution >= 4 is 11.9 Å². The van der Waals surface area contributed by atoms with E-state index in [1.165, 1.54) is 0 Å². The van der Waals surface area contributed by atoms with E-state index in [0.29, 0.717) is 19.4 Å². The van der Waals surface area contributed by atoms with Gasteiger partial charge in [0.2, 0.25) is 0 Å². The Balaban J connectivity index is -0.0000000382. The molecule has 0 aromatic carbocycles. The second-order valence-corrected chi connectivity index (χ2v) is 13.6. The number of hydrogen-bond acceptors (Lipinski definition) is 8. The average Bonchev–Trinajstić information content (AvgIpc) is 2.84. The molecule has 2 rings (SSSR count). The van der Waals surface area contributed by atoms with Crippen molar-refractivity contribution in [3.8, 4) is 0 Å². The first-order valence-corrected chi connectivity index (χ1v) is 13.2. The Hall–Kier alpha value is -1.22. The van der Waals surface area contributed by atoms with Crippen molar-refractivity contribution in [1.82, 2.24) is 0 Å². The van der Waals surface area contributed by atoms with Crippen molar-refractivity contribution in [2.24, 2.45) is 32.5 Å². The lowest BCUT2D eigenvalue weighted by atomic mass is 9.62. The number of cyclic esters (lactones) is 2. The van der Waals surface area contributed by atoms with Crippen LogP contribution in [0, 0.1) is 32.5 Å². The summed E-state index contributed by atoms with van der Waals surface area (Å²) in [6.07, 6.45) is 4.24. The number of ether oxygens (including phenoxy) is 2. The molecule has 8 heteroatoms. The van der Waals surface area contributed by atoms with Crippen molar-refractivity contribution in [3.05, 3.63) is 0 Å². The van der Waals surface area contributed by atoms with Crippen molar-refractivity contribution in [3.63, 3.8) is 0 Å². The molecule has 2 aliphatic heterocycles. The lowest BCUT2D eigenvalue weighted by Gasteiger charge is -2.49. The minimum atomic E-state index is -1.01. The Morgan fingerprint density at radius 3 is 1.38 bits per heavy atom. The van der Waals surface area contributed by atoms with Gasteiger partial charge in [0.15, 0.2) is 0 Å². The molecule has 5 unspecified atom stereocenters. The molecule has 0 aromatic heterocycles. The van der Waals surface area contributed by atoms with E-state index in [4.69, 9.17) is 9.47 Å². The highest BCUT2D eigenvalue weighted by atomic mass is 16.6. The van der Waals surface area contributed by atoms with Crippen LogP contribution >= 0.6 is 0 Å². The van der Waals surface area contributed by atoms with Crippen LogP contribution in [-0.2, 0) is 19.1 Å². The third-order valence-electron chi connectivity index (χ3n) is 8.46. The molecule has 8 nitrogen and oxygen atoms in total. The summed E-state index contributed by atoms with van der Waals surface area (Å²) in [6.45, 7) is 16.4. The molecule has 4 N–H and O–H groups in total. The Morgan fingerprint density at radius 1 is 0.625 bits per heavy atom. The predicted octanol–water partition coefficient (Wildman–Crippen LogP) is 11.2. The number of rotatable bonds is 10. The topological polar surface area (TPSA) is 134 Å². The van der Waals surface area contributed by atoms with Gasteiger partial charge < -0.3 is 29.9 Å². The molecule has 48 heavy (non-hydrogen) atoms. The van der Waals surface area contributed by atoms with Gasteiger partial charge in [-0.1, -0.05) is 138 Å². The first-order valence-electron chi connectivity index (χ1n) is 13.2. The SMILES string of the molecule is C.C.C.C.C.C.C.C.C.C.C.C.CCC(C)(CO)CC(C)(CO)CC(C)(C)CO.CCC1(C)COC(=O)C2(COC(=O)C(C)(CO)C2)C1.[H+]. The maximum atomic E-state index is 12.2. The molecule has 2 heterocycles. The highest BCUT2D eigenvalue weighted by Gasteiger charge is 2.58. The monoisotopic (exact) mass is 710 g/mol. The largest absolute Gasteiger partial charge is 1.00 e. The summed E-state index contributed by atoms with van der Waals surface area (Å²) in [5.41, 5.74) is -2.49. The number of carbonyl (C=O) groups is 2. The Labute approximate surface area is 307 Å². The van der Waals surface area contributed by atoms with Crippen molar-refractivity contribution in [2.45, 2.75) is 183 Å². The molecule has 0 aromatic rings. The number of hydrogen-bond donors (Lipinski definition) is 4. The van der Waals surface area contributed by atoms with Crippen molar-refractivity contribution < 1.29 is 40.9 Å². The van der Waals surface area contributed by atoms with E-state index < -0.39 is 16.8 Å². The first kappa shape index (κ1) is 81.0. The summed E-state index contributed by atoms with van der Waals surface area (Å²) in [4.78, 5) is 24.0. The van der Waals surface area contributed by atoms with Gasteiger partial charge in [0.1, 0.15) is 12.0 Å². The summed E-state index contributed by atoms with van der Waals surface area (Å²) in [5.74, 6) is -0.734. The van der Waals surface area contributed by atoms with Gasteiger partial charge in [0.05, 0.1) is 18.6 Å². The third kappa shape index (κ3) is 20.5. The summed E-state index contributed by atoms with van der Waals surface area (Å²) in [7, 11) is 0. The molecule has 0 amide bonds. The highest BCUT2D eigenvalue weighted by molar-refractivity contribution is 5.84. The lowest BCUT2D eigenvalue weighted by molar-refractivity contribution is -0.202. The third-order valence-corrected chi connectivity index (χ3v) is 8.46. The van der Waals surface area contributed by atoms with Gasteiger partial charge in [-0.3, -0.25) is 9.59 Å². The number of esters is 2. The molecule has 2 saturated heterocycles. The van der Waals surface area contributed by atoms with E-state index in [0.717, 1.165) is 25.7 Å². The van der Waals surface area contributed by atoms with Crippen LogP contribution in [0.4, 0.5) is 0 Å². The Morgan fingerprint density at radius 2 is 1.04 bits per heavy atom. The zero-order chi connectivity index (χ0) is 28.1. The number of carbonyl (C=O) groups excluding carboxylic acids is 2. The van der Waals surface area contributed by atoms with Gasteiger partial charge in [-0.2, -0.15) is 0 Å². The van der Waals surface area contributed by atoms with Gasteiger partial charge in [-0.05, 0) is 61.7 Å². The normalized spacial score (nSPS) is 24.0. The Bertz CT molecular complexity index is 759. The fourth-order valence-electron chi connectivity index (χ4n) is 5.88. The molecular weight excluding hydrogens is 608 g/mol. The zero-order valence-electron chi connectivity index (χ0n) is 24.9. The van der Waals surface area contributed by atoms with Gasteiger partial charge >= 0.3 is 13.4 Å². The summed E-state index contributed by atoms with van der Waals surface area (Å²) in [5, 5.41) is 37.9. The second kappa shape index (κ2) is 30.6. The number of aliphatic hydroxyl groups is 4. The molecule has 1 spiro atoms. The summed E-state index contributed by atoms with van der Waals surface area (Å²) < 4.78 is 10.5. The fourth-order valence-corrected chi connectivity index (χ4v) is 5.88. The molecule has 0 aliphatic carbocycles. The molecule has 0 bridgehead atoms. The average molecular weight is 710 g/mol. The molecular formula is C40H101O8+. The lowest BCUT2D eigenvalue weighted by Crippen LogP contribution is -2.56. The van der Waals surface area contributed by atoms with Crippen LogP contribution in [0.3, 0.4) is 0 Å². The second-order valence-electron chi connectivity index (χ2n) is 13.6. The van der Waals surface area contributed by atoms with Gasteiger partial charge in [-0.25, -0.2) is 0 Å². The smallest absolute Gasteiger partial charge is 0.465 e. The minimum Gasteiger partial charge on any atom is -0.465 e. The van der Waals surface area contributed by atoms with Gasteiger partial charge in [0.25, 0.3) is 0 Å². The van der Waals surface area contributed by atoms with E-state index in [1.807, 2.05) is 27.7 Å².